The van der Waals surface area contributed by atoms with Crippen molar-refractivity contribution in [2.45, 2.75) is 23.8 Å². The van der Waals surface area contributed by atoms with E-state index in [-0.39, 0.29) is 0 Å². The Hall–Kier alpha value is -1.98. The van der Waals surface area contributed by atoms with Gasteiger partial charge in [-0.25, -0.2) is 0 Å². The van der Waals surface area contributed by atoms with E-state index in [0.29, 0.717) is 10.9 Å². The van der Waals surface area contributed by atoms with Crippen LogP contribution in [0.2, 0.25) is 0 Å². The van der Waals surface area contributed by atoms with Crippen LogP contribution in [0.4, 0.5) is 0 Å². The Labute approximate surface area is 151 Å². The molecule has 2 saturated heterocycles. The summed E-state index contributed by atoms with van der Waals surface area (Å²) < 4.78 is 6.49. The van der Waals surface area contributed by atoms with Crippen LogP contribution in [0.3, 0.4) is 0 Å². The van der Waals surface area contributed by atoms with Crippen molar-refractivity contribution in [3.05, 3.63) is 60.6 Å². The summed E-state index contributed by atoms with van der Waals surface area (Å²) in [6.07, 6.45) is 7.06. The molecule has 1 N–H and O–H groups in total. The second-order valence-corrected chi connectivity index (χ2v) is 8.62. The van der Waals surface area contributed by atoms with Gasteiger partial charge < -0.3 is 9.72 Å². The zero-order valence-electron chi connectivity index (χ0n) is 14.0. The zero-order chi connectivity index (χ0) is 16.7. The predicted octanol–water partition coefficient (Wildman–Crippen LogP) is 3.70. The van der Waals surface area contributed by atoms with Crippen molar-refractivity contribution in [2.75, 3.05) is 18.8 Å². The third kappa shape index (κ3) is 2.92. The first-order valence-electron chi connectivity index (χ1n) is 8.78. The molecule has 2 aliphatic heterocycles. The molecule has 1 unspecified atom stereocenters. The lowest BCUT2D eigenvalue weighted by Crippen LogP contribution is -2.58. The Balaban J connectivity index is 1.20. The highest BCUT2D eigenvalue weighted by Crippen LogP contribution is 2.46. The maximum atomic E-state index is 6.10. The Morgan fingerprint density at radius 3 is 3.08 bits per heavy atom. The van der Waals surface area contributed by atoms with Crippen LogP contribution in [0, 0.1) is 0 Å². The number of pyridine rings is 1. The number of ether oxygens (including phenoxy) is 1. The number of rotatable bonds is 4. The van der Waals surface area contributed by atoms with Crippen LogP contribution in [0.15, 0.2) is 55.0 Å². The van der Waals surface area contributed by atoms with Crippen molar-refractivity contribution in [1.82, 2.24) is 14.9 Å². The fourth-order valence-corrected chi connectivity index (χ4v) is 5.69. The molecular formula is C20H21N3OS. The van der Waals surface area contributed by atoms with Gasteiger partial charge in [0.05, 0.1) is 6.20 Å². The van der Waals surface area contributed by atoms with Crippen LogP contribution in [0.5, 0.6) is 5.75 Å². The molecule has 2 aromatic heterocycles. The van der Waals surface area contributed by atoms with Crippen LogP contribution in [-0.4, -0.2) is 44.6 Å². The van der Waals surface area contributed by atoms with Gasteiger partial charge in [-0.2, -0.15) is 0 Å². The minimum Gasteiger partial charge on any atom is -0.488 e. The number of fused-ring (bicyclic) bond motifs is 1. The minimum atomic E-state index is 0.310. The molecule has 0 amide bonds. The maximum Gasteiger partial charge on any atom is 0.138 e. The number of benzene rings is 1. The number of H-pyrrole nitrogens is 1. The third-order valence-corrected chi connectivity index (χ3v) is 6.79. The van der Waals surface area contributed by atoms with Crippen molar-refractivity contribution in [3.63, 3.8) is 0 Å². The Kier molecular flexibility index (Phi) is 3.71. The summed E-state index contributed by atoms with van der Waals surface area (Å²) in [6.45, 7) is 3.35. The first-order chi connectivity index (χ1) is 12.3. The summed E-state index contributed by atoms with van der Waals surface area (Å²) in [5.74, 6) is 1.97. The molecule has 4 heterocycles. The molecule has 128 valence electrons. The highest BCUT2D eigenvalue weighted by Gasteiger charge is 2.49. The monoisotopic (exact) mass is 351 g/mol. The molecular weight excluding hydrogens is 330 g/mol. The lowest BCUT2D eigenvalue weighted by molar-refractivity contribution is 0.0924. The number of thioether (sulfide) groups is 1. The van der Waals surface area contributed by atoms with Gasteiger partial charge in [-0.1, -0.05) is 12.1 Å². The van der Waals surface area contributed by atoms with E-state index in [1.807, 2.05) is 18.3 Å². The molecule has 25 heavy (non-hydrogen) atoms. The Morgan fingerprint density at radius 1 is 1.24 bits per heavy atom. The van der Waals surface area contributed by atoms with E-state index in [9.17, 15) is 0 Å². The van der Waals surface area contributed by atoms with Gasteiger partial charge in [0, 0.05) is 59.9 Å². The molecule has 5 rings (SSSR count). The van der Waals surface area contributed by atoms with Crippen molar-refractivity contribution in [1.29, 1.82) is 0 Å². The SMILES string of the molecule is c1cncc(OC2CSC3(C2)CN(Cc2cccc4[nH]ccc24)C3)c1. The minimum absolute atomic E-state index is 0.310. The largest absolute Gasteiger partial charge is 0.488 e. The molecule has 1 aromatic carbocycles. The molecule has 2 fully saturated rings. The number of hydrogen-bond donors (Lipinski definition) is 1. The summed E-state index contributed by atoms with van der Waals surface area (Å²) >= 11 is 2.09. The number of nitrogens with one attached hydrogen (secondary N) is 1. The van der Waals surface area contributed by atoms with E-state index in [1.54, 1.807) is 12.4 Å². The lowest BCUT2D eigenvalue weighted by atomic mass is 9.92. The van der Waals surface area contributed by atoms with Crippen LogP contribution in [-0.2, 0) is 6.54 Å². The van der Waals surface area contributed by atoms with Crippen LogP contribution in [0.25, 0.3) is 10.9 Å². The van der Waals surface area contributed by atoms with E-state index in [1.165, 1.54) is 16.5 Å². The number of likely N-dealkylation sites (tertiary alicyclic amines) is 1. The van der Waals surface area contributed by atoms with Crippen molar-refractivity contribution >= 4 is 22.7 Å². The quantitative estimate of drug-likeness (QED) is 0.778. The van der Waals surface area contributed by atoms with Gasteiger partial charge in [-0.05, 0) is 29.8 Å². The van der Waals surface area contributed by atoms with Crippen molar-refractivity contribution < 1.29 is 4.74 Å². The molecule has 0 radical (unpaired) electrons. The number of aromatic nitrogens is 2. The molecule has 1 spiro atoms. The van der Waals surface area contributed by atoms with Crippen molar-refractivity contribution in [2.24, 2.45) is 0 Å². The van der Waals surface area contributed by atoms with Crippen molar-refractivity contribution in [3.8, 4) is 5.75 Å². The van der Waals surface area contributed by atoms with Gasteiger partial charge in [0.25, 0.3) is 0 Å². The number of aromatic amines is 1. The molecule has 5 heteroatoms. The van der Waals surface area contributed by atoms with Crippen LogP contribution in [0.1, 0.15) is 12.0 Å². The third-order valence-electron chi connectivity index (χ3n) is 5.21. The number of nitrogens with zero attached hydrogens (tertiary/aromatic N) is 2. The van der Waals surface area contributed by atoms with E-state index < -0.39 is 0 Å². The van der Waals surface area contributed by atoms with E-state index >= 15 is 0 Å². The molecule has 4 nitrogen and oxygen atoms in total. The first kappa shape index (κ1) is 15.3. The summed E-state index contributed by atoms with van der Waals surface area (Å²) in [6, 6.07) is 12.6. The smallest absolute Gasteiger partial charge is 0.138 e. The van der Waals surface area contributed by atoms with Crippen LogP contribution < -0.4 is 4.74 Å². The van der Waals surface area contributed by atoms with E-state index in [0.717, 1.165) is 37.6 Å². The van der Waals surface area contributed by atoms with Gasteiger partial charge in [0.15, 0.2) is 0 Å². The molecule has 0 aliphatic carbocycles. The summed E-state index contributed by atoms with van der Waals surface area (Å²) in [5.41, 5.74) is 2.65. The summed E-state index contributed by atoms with van der Waals surface area (Å²) in [5, 5.41) is 1.35. The molecule has 3 aromatic rings. The highest BCUT2D eigenvalue weighted by atomic mass is 32.2. The van der Waals surface area contributed by atoms with Gasteiger partial charge in [-0.15, -0.1) is 11.8 Å². The van der Waals surface area contributed by atoms with Gasteiger partial charge >= 0.3 is 0 Å². The van der Waals surface area contributed by atoms with Gasteiger partial charge in [0.2, 0.25) is 0 Å². The second kappa shape index (κ2) is 6.07. The molecule has 2 aliphatic rings. The molecule has 0 saturated carbocycles. The Morgan fingerprint density at radius 2 is 2.20 bits per heavy atom. The summed E-state index contributed by atoms with van der Waals surface area (Å²) in [7, 11) is 0. The molecule has 0 bridgehead atoms. The van der Waals surface area contributed by atoms with E-state index in [4.69, 9.17) is 4.74 Å². The fourth-order valence-electron chi connectivity index (χ4n) is 4.12. The zero-order valence-corrected chi connectivity index (χ0v) is 14.8. The highest BCUT2D eigenvalue weighted by molar-refractivity contribution is 8.01. The fraction of sp³-hybridized carbons (Fsp3) is 0.350. The second-order valence-electron chi connectivity index (χ2n) is 7.13. The normalized spacial score (nSPS) is 22.3. The van der Waals surface area contributed by atoms with Gasteiger partial charge in [0.1, 0.15) is 11.9 Å². The van der Waals surface area contributed by atoms with Crippen LogP contribution >= 0.6 is 11.8 Å². The van der Waals surface area contributed by atoms with E-state index in [2.05, 4.69) is 50.9 Å². The van der Waals surface area contributed by atoms with Gasteiger partial charge in [-0.3, -0.25) is 9.88 Å². The average Bonchev–Trinajstić information content (AvgIpc) is 3.23. The predicted molar refractivity (Wildman–Crippen MR) is 102 cm³/mol. The Bertz CT molecular complexity index is 873. The first-order valence-corrected chi connectivity index (χ1v) is 9.76. The summed E-state index contributed by atoms with van der Waals surface area (Å²) in [4.78, 5) is 9.99. The lowest BCUT2D eigenvalue weighted by Gasteiger charge is -2.47. The topological polar surface area (TPSA) is 41.1 Å². The number of hydrogen-bond acceptors (Lipinski definition) is 4. The maximum absolute atomic E-state index is 6.10. The molecule has 1 atom stereocenters. The standard InChI is InChI=1S/C20H21N3OS/c1-3-15(18-6-8-22-19(18)5-1)11-23-13-20(14-23)9-17(12-25-20)24-16-4-2-7-21-10-16/h1-8,10,17,22H,9,11-14H2. The average molecular weight is 351 g/mol.